The van der Waals surface area contributed by atoms with Gasteiger partial charge in [0.1, 0.15) is 11.6 Å². The van der Waals surface area contributed by atoms with E-state index in [4.69, 9.17) is 10.8 Å². The van der Waals surface area contributed by atoms with Crippen LogP contribution in [0.3, 0.4) is 0 Å². The molecule has 0 bridgehead atoms. The van der Waals surface area contributed by atoms with Crippen LogP contribution >= 0.6 is 22.7 Å². The van der Waals surface area contributed by atoms with E-state index >= 15 is 0 Å². The summed E-state index contributed by atoms with van der Waals surface area (Å²) in [5.41, 5.74) is 12.9. The molecule has 10 nitrogen and oxygen atoms in total. The summed E-state index contributed by atoms with van der Waals surface area (Å²) in [7, 11) is 0. The Hall–Kier alpha value is -5.56. The van der Waals surface area contributed by atoms with Gasteiger partial charge in [-0.1, -0.05) is 48.5 Å². The van der Waals surface area contributed by atoms with Crippen molar-refractivity contribution >= 4 is 51.3 Å². The van der Waals surface area contributed by atoms with E-state index in [1.807, 2.05) is 106 Å². The highest BCUT2D eigenvalue weighted by atomic mass is 32.1. The molecule has 2 aromatic carbocycles. The van der Waals surface area contributed by atoms with Crippen LogP contribution in [-0.2, 0) is 19.7 Å². The van der Waals surface area contributed by atoms with Gasteiger partial charge < -0.3 is 21.5 Å². The Bertz CT molecular complexity index is 2190. The number of nitrogens with two attached hydrogens (primary N) is 1. The Balaban J connectivity index is 0.000000150. The van der Waals surface area contributed by atoms with Gasteiger partial charge in [0.15, 0.2) is 11.3 Å². The number of anilines is 3. The summed E-state index contributed by atoms with van der Waals surface area (Å²) >= 11 is 3.45. The van der Waals surface area contributed by atoms with Crippen LogP contribution in [0.2, 0.25) is 0 Å². The van der Waals surface area contributed by atoms with Gasteiger partial charge >= 0.3 is 0 Å². The monoisotopic (exact) mass is 657 g/mol. The molecule has 0 aliphatic carbocycles. The normalized spacial score (nSPS) is 11.0. The second-order valence-electron chi connectivity index (χ2n) is 10.6. The van der Waals surface area contributed by atoms with Crippen LogP contribution in [0, 0.1) is 0 Å². The molecule has 0 unspecified atom stereocenters. The van der Waals surface area contributed by atoms with Crippen molar-refractivity contribution in [2.24, 2.45) is 0 Å². The first kappa shape index (κ1) is 30.1. The molecular weight excluding hydrogens is 627 g/mol. The summed E-state index contributed by atoms with van der Waals surface area (Å²) in [4.78, 5) is 11.4. The van der Waals surface area contributed by atoms with Crippen LogP contribution < -0.4 is 16.4 Å². The molecule has 8 rings (SSSR count). The van der Waals surface area contributed by atoms with E-state index in [0.717, 1.165) is 69.8 Å². The quantitative estimate of drug-likeness (QED) is 0.120. The molecule has 8 aromatic rings. The van der Waals surface area contributed by atoms with Crippen LogP contribution in [0.4, 0.5) is 17.3 Å². The zero-order valence-corrected chi connectivity index (χ0v) is 26.8. The van der Waals surface area contributed by atoms with E-state index in [1.54, 1.807) is 22.7 Å². The third-order valence-electron chi connectivity index (χ3n) is 7.41. The summed E-state index contributed by atoms with van der Waals surface area (Å²) in [6.07, 6.45) is 3.65. The number of aliphatic hydroxyl groups is 1. The van der Waals surface area contributed by atoms with E-state index < -0.39 is 0 Å². The Morgan fingerprint density at radius 2 is 1.11 bits per heavy atom. The average molecular weight is 658 g/mol. The van der Waals surface area contributed by atoms with Gasteiger partial charge in [0, 0.05) is 26.6 Å². The molecule has 0 radical (unpaired) electrons. The molecule has 0 amide bonds. The Labute approximate surface area is 278 Å². The fourth-order valence-electron chi connectivity index (χ4n) is 4.95. The molecule has 0 spiro atoms. The van der Waals surface area contributed by atoms with Crippen molar-refractivity contribution in [3.63, 3.8) is 0 Å². The van der Waals surface area contributed by atoms with E-state index in [9.17, 15) is 0 Å². The molecular formula is C35H31N9OS2. The van der Waals surface area contributed by atoms with Gasteiger partial charge in [0.25, 0.3) is 0 Å². The van der Waals surface area contributed by atoms with E-state index in [0.29, 0.717) is 0 Å². The number of hydrogen-bond donors (Lipinski definition) is 4. The van der Waals surface area contributed by atoms with Gasteiger partial charge in [0.2, 0.25) is 0 Å². The average Bonchev–Trinajstić information content (AvgIpc) is 3.95. The van der Waals surface area contributed by atoms with Crippen molar-refractivity contribution in [1.29, 1.82) is 0 Å². The van der Waals surface area contributed by atoms with Crippen molar-refractivity contribution in [2.75, 3.05) is 16.4 Å². The van der Waals surface area contributed by atoms with Crippen LogP contribution in [0.25, 0.3) is 33.8 Å². The van der Waals surface area contributed by atoms with Crippen molar-refractivity contribution in [2.45, 2.75) is 19.7 Å². The predicted molar refractivity (Wildman–Crippen MR) is 190 cm³/mol. The highest BCUT2D eigenvalue weighted by Crippen LogP contribution is 2.23. The number of nitrogens with one attached hydrogen (secondary N) is 2. The lowest BCUT2D eigenvalue weighted by Crippen LogP contribution is -2.03. The number of thiophene rings is 2. The highest BCUT2D eigenvalue weighted by Gasteiger charge is 2.10. The predicted octanol–water partition coefficient (Wildman–Crippen LogP) is 7.21. The molecule has 0 saturated carbocycles. The highest BCUT2D eigenvalue weighted by molar-refractivity contribution is 7.10. The molecule has 234 valence electrons. The topological polar surface area (TPSA) is 131 Å². The zero-order chi connectivity index (χ0) is 32.0. The minimum absolute atomic E-state index is 0.0441. The smallest absolute Gasteiger partial charge is 0.154 e. The molecule has 12 heteroatoms. The molecule has 0 aliphatic heterocycles. The standard InChI is InChI=1S/C18H16N4OS.C17H15N5S/c23-12-13-3-5-14(6-4-13)16-11-20-18-8-7-17(21-22(16)18)19-10-15-2-1-9-24-15;18-13-5-3-12(4-6-13)15-11-20-17-8-7-16(21-22(15)17)19-10-14-2-1-9-23-14/h1-9,11,23H,10,12H2,(H,19,21);1-9,11H,10,18H2,(H,19,21). The van der Waals surface area contributed by atoms with E-state index in [1.165, 1.54) is 9.75 Å². The van der Waals surface area contributed by atoms with Crippen molar-refractivity contribution < 1.29 is 5.11 Å². The molecule has 0 saturated heterocycles. The molecule has 0 atom stereocenters. The maximum Gasteiger partial charge on any atom is 0.154 e. The van der Waals surface area contributed by atoms with Crippen molar-refractivity contribution in [3.8, 4) is 22.5 Å². The first-order chi connectivity index (χ1) is 23.1. The Kier molecular flexibility index (Phi) is 8.86. The Morgan fingerprint density at radius 1 is 0.617 bits per heavy atom. The van der Waals surface area contributed by atoms with E-state index in [-0.39, 0.29) is 6.61 Å². The van der Waals surface area contributed by atoms with Crippen LogP contribution in [0.15, 0.2) is 120 Å². The summed E-state index contributed by atoms with van der Waals surface area (Å²) in [5, 5.41) is 29.3. The number of imidazole rings is 2. The van der Waals surface area contributed by atoms with Crippen molar-refractivity contribution in [1.82, 2.24) is 29.2 Å². The summed E-state index contributed by atoms with van der Waals surface area (Å²) in [6.45, 7) is 1.57. The molecule has 5 N–H and O–H groups in total. The molecule has 6 aromatic heterocycles. The summed E-state index contributed by atoms with van der Waals surface area (Å²) in [5.74, 6) is 1.63. The minimum Gasteiger partial charge on any atom is -0.399 e. The number of aliphatic hydroxyl groups excluding tert-OH is 1. The third kappa shape index (κ3) is 6.99. The summed E-state index contributed by atoms with van der Waals surface area (Å²) < 4.78 is 3.69. The first-order valence-electron chi connectivity index (χ1n) is 14.9. The van der Waals surface area contributed by atoms with Gasteiger partial charge in [-0.15, -0.1) is 32.9 Å². The molecule has 0 aliphatic rings. The van der Waals surface area contributed by atoms with Gasteiger partial charge in [-0.3, -0.25) is 0 Å². The second-order valence-corrected chi connectivity index (χ2v) is 12.7. The SMILES string of the molecule is Nc1ccc(-c2cnc3ccc(NCc4cccs4)nn23)cc1.OCc1ccc(-c2cnc3ccc(NCc4cccs4)nn23)cc1. The lowest BCUT2D eigenvalue weighted by Gasteiger charge is -2.06. The largest absolute Gasteiger partial charge is 0.399 e. The maximum absolute atomic E-state index is 9.17. The van der Waals surface area contributed by atoms with Gasteiger partial charge in [0.05, 0.1) is 43.5 Å². The number of aromatic nitrogens is 6. The van der Waals surface area contributed by atoms with Gasteiger partial charge in [-0.2, -0.15) is 0 Å². The molecule has 6 heterocycles. The van der Waals surface area contributed by atoms with Crippen LogP contribution in [0.5, 0.6) is 0 Å². The lowest BCUT2D eigenvalue weighted by atomic mass is 10.1. The number of hydrogen-bond acceptors (Lipinski definition) is 10. The van der Waals surface area contributed by atoms with Gasteiger partial charge in [-0.05, 0) is 64.9 Å². The number of benzene rings is 2. The van der Waals surface area contributed by atoms with Crippen molar-refractivity contribution in [3.05, 3.63) is 136 Å². The molecule has 0 fully saturated rings. The fraction of sp³-hybridized carbons (Fsp3) is 0.0857. The maximum atomic E-state index is 9.17. The number of nitrogens with zero attached hydrogens (tertiary/aromatic N) is 6. The molecule has 47 heavy (non-hydrogen) atoms. The second kappa shape index (κ2) is 13.8. The number of fused-ring (bicyclic) bond motifs is 2. The van der Waals surface area contributed by atoms with Crippen LogP contribution in [0.1, 0.15) is 15.3 Å². The Morgan fingerprint density at radius 3 is 1.55 bits per heavy atom. The number of nitrogen functional groups attached to an aromatic ring is 1. The summed E-state index contributed by atoms with van der Waals surface area (Å²) in [6, 6.07) is 31.6. The minimum atomic E-state index is 0.0441. The fourth-order valence-corrected chi connectivity index (χ4v) is 6.23. The zero-order valence-electron chi connectivity index (χ0n) is 25.2. The van der Waals surface area contributed by atoms with Gasteiger partial charge in [-0.25, -0.2) is 19.0 Å². The third-order valence-corrected chi connectivity index (χ3v) is 9.16. The van der Waals surface area contributed by atoms with Crippen LogP contribution in [-0.4, -0.2) is 34.3 Å². The lowest BCUT2D eigenvalue weighted by molar-refractivity contribution is 0.282. The number of rotatable bonds is 9. The first-order valence-corrected chi connectivity index (χ1v) is 16.7. The van der Waals surface area contributed by atoms with E-state index in [2.05, 4.69) is 53.7 Å².